The van der Waals surface area contributed by atoms with Gasteiger partial charge in [0.05, 0.1) is 0 Å². The van der Waals surface area contributed by atoms with Crippen LogP contribution in [0.3, 0.4) is 0 Å². The predicted octanol–water partition coefficient (Wildman–Crippen LogP) is 8.01. The van der Waals surface area contributed by atoms with Gasteiger partial charge in [0.15, 0.2) is 0 Å². The summed E-state index contributed by atoms with van der Waals surface area (Å²) in [5.41, 5.74) is 3.41. The summed E-state index contributed by atoms with van der Waals surface area (Å²) in [5, 5.41) is 3.18. The molecule has 3 heteroatoms. The number of rotatable bonds is 5. The standard InChI is InChI=1S/C25H18BrClO/c26-25-21(8-7-20-4-1-2-6-24(20)25)5-3-17-28-23-15-11-19(12-16-23)18-9-13-22(27)14-10-18/h1-16H,17H2/b5-3-. The molecule has 0 atom stereocenters. The summed E-state index contributed by atoms with van der Waals surface area (Å²) in [6, 6.07) is 28.5. The van der Waals surface area contributed by atoms with E-state index in [1.807, 2.05) is 42.5 Å². The van der Waals surface area contributed by atoms with Crippen LogP contribution in [-0.2, 0) is 0 Å². The Morgan fingerprint density at radius 3 is 2.21 bits per heavy atom. The normalized spacial score (nSPS) is 11.2. The van der Waals surface area contributed by atoms with Gasteiger partial charge < -0.3 is 4.74 Å². The SMILES string of the molecule is Clc1ccc(-c2ccc(OC/C=C\c3ccc4ccccc4c3Br)cc2)cc1. The second-order valence-corrected chi connectivity index (χ2v) is 7.66. The molecule has 0 radical (unpaired) electrons. The van der Waals surface area contributed by atoms with E-state index < -0.39 is 0 Å². The summed E-state index contributed by atoms with van der Waals surface area (Å²) in [5.74, 6) is 0.847. The smallest absolute Gasteiger partial charge is 0.119 e. The first kappa shape index (κ1) is 18.8. The van der Waals surface area contributed by atoms with E-state index in [9.17, 15) is 0 Å². The van der Waals surface area contributed by atoms with E-state index in [0.717, 1.165) is 31.9 Å². The highest BCUT2D eigenvalue weighted by Gasteiger charge is 2.02. The number of halogens is 2. The van der Waals surface area contributed by atoms with Crippen molar-refractivity contribution in [2.45, 2.75) is 0 Å². The fraction of sp³-hybridized carbons (Fsp3) is 0.0400. The Bertz CT molecular complexity index is 1120. The predicted molar refractivity (Wildman–Crippen MR) is 123 cm³/mol. The molecule has 4 aromatic carbocycles. The molecule has 0 aliphatic carbocycles. The molecule has 0 saturated heterocycles. The molecular formula is C25H18BrClO. The van der Waals surface area contributed by atoms with Crippen LogP contribution in [0.25, 0.3) is 28.0 Å². The number of hydrogen-bond acceptors (Lipinski definition) is 1. The number of fused-ring (bicyclic) bond motifs is 1. The third kappa shape index (κ3) is 4.30. The first-order chi connectivity index (χ1) is 13.7. The minimum Gasteiger partial charge on any atom is -0.490 e. The van der Waals surface area contributed by atoms with Gasteiger partial charge in [-0.05, 0) is 73.7 Å². The molecule has 4 rings (SSSR count). The summed E-state index contributed by atoms with van der Waals surface area (Å²) in [6.45, 7) is 0.513. The van der Waals surface area contributed by atoms with Crippen molar-refractivity contribution < 1.29 is 4.74 Å². The zero-order valence-electron chi connectivity index (χ0n) is 15.1. The minimum absolute atomic E-state index is 0.513. The van der Waals surface area contributed by atoms with Gasteiger partial charge in [0.2, 0.25) is 0 Å². The molecule has 0 amide bonds. The highest BCUT2D eigenvalue weighted by molar-refractivity contribution is 9.10. The first-order valence-electron chi connectivity index (χ1n) is 9.03. The van der Waals surface area contributed by atoms with Gasteiger partial charge in [0, 0.05) is 9.50 Å². The largest absolute Gasteiger partial charge is 0.490 e. The van der Waals surface area contributed by atoms with Crippen LogP contribution in [0.1, 0.15) is 5.56 Å². The van der Waals surface area contributed by atoms with E-state index in [1.54, 1.807) is 0 Å². The number of hydrogen-bond donors (Lipinski definition) is 0. The molecule has 0 heterocycles. The molecule has 0 spiro atoms. The third-order valence-electron chi connectivity index (χ3n) is 4.57. The molecule has 0 aliphatic heterocycles. The summed E-state index contributed by atoms with van der Waals surface area (Å²) in [7, 11) is 0. The van der Waals surface area contributed by atoms with Gasteiger partial charge in [-0.15, -0.1) is 0 Å². The lowest BCUT2D eigenvalue weighted by atomic mass is 10.1. The maximum Gasteiger partial charge on any atom is 0.119 e. The lowest BCUT2D eigenvalue weighted by molar-refractivity contribution is 0.363. The van der Waals surface area contributed by atoms with Gasteiger partial charge in [0.1, 0.15) is 12.4 Å². The molecule has 0 aromatic heterocycles. The Morgan fingerprint density at radius 1 is 0.786 bits per heavy atom. The molecule has 138 valence electrons. The van der Waals surface area contributed by atoms with Crippen molar-refractivity contribution in [1.29, 1.82) is 0 Å². The maximum absolute atomic E-state index is 5.95. The summed E-state index contributed by atoms with van der Waals surface area (Å²) in [4.78, 5) is 0. The molecular weight excluding hydrogens is 432 g/mol. The third-order valence-corrected chi connectivity index (χ3v) is 5.71. The molecule has 0 bridgehead atoms. The van der Waals surface area contributed by atoms with E-state index in [1.165, 1.54) is 10.8 Å². The van der Waals surface area contributed by atoms with Crippen LogP contribution in [0.4, 0.5) is 0 Å². The quantitative estimate of drug-likeness (QED) is 0.300. The first-order valence-corrected chi connectivity index (χ1v) is 10.2. The van der Waals surface area contributed by atoms with Crippen molar-refractivity contribution in [2.24, 2.45) is 0 Å². The molecule has 28 heavy (non-hydrogen) atoms. The topological polar surface area (TPSA) is 9.23 Å². The Morgan fingerprint density at radius 2 is 1.46 bits per heavy atom. The lowest BCUT2D eigenvalue weighted by Gasteiger charge is -2.06. The molecule has 0 unspecified atom stereocenters. The Kier molecular flexibility index (Phi) is 5.80. The van der Waals surface area contributed by atoms with Crippen molar-refractivity contribution >= 4 is 44.4 Å². The zero-order valence-corrected chi connectivity index (χ0v) is 17.5. The van der Waals surface area contributed by atoms with Gasteiger partial charge in [-0.25, -0.2) is 0 Å². The van der Waals surface area contributed by atoms with Crippen LogP contribution in [-0.4, -0.2) is 6.61 Å². The lowest BCUT2D eigenvalue weighted by Crippen LogP contribution is -1.93. The van der Waals surface area contributed by atoms with Crippen molar-refractivity contribution in [3.63, 3.8) is 0 Å². The highest BCUT2D eigenvalue weighted by Crippen LogP contribution is 2.28. The van der Waals surface area contributed by atoms with Gasteiger partial charge in [0.25, 0.3) is 0 Å². The van der Waals surface area contributed by atoms with E-state index >= 15 is 0 Å². The second-order valence-electron chi connectivity index (χ2n) is 6.43. The monoisotopic (exact) mass is 448 g/mol. The van der Waals surface area contributed by atoms with Crippen molar-refractivity contribution in [3.8, 4) is 16.9 Å². The van der Waals surface area contributed by atoms with Crippen LogP contribution in [0.2, 0.25) is 5.02 Å². The maximum atomic E-state index is 5.95. The Balaban J connectivity index is 1.40. The summed E-state index contributed by atoms with van der Waals surface area (Å²) in [6.07, 6.45) is 4.11. The zero-order chi connectivity index (χ0) is 19.3. The van der Waals surface area contributed by atoms with Gasteiger partial charge in [-0.2, -0.15) is 0 Å². The van der Waals surface area contributed by atoms with Gasteiger partial charge >= 0.3 is 0 Å². The molecule has 0 fully saturated rings. The molecule has 0 aliphatic rings. The second kappa shape index (κ2) is 8.64. The minimum atomic E-state index is 0.513. The average Bonchev–Trinajstić information content (AvgIpc) is 2.74. The highest BCUT2D eigenvalue weighted by atomic mass is 79.9. The summed E-state index contributed by atoms with van der Waals surface area (Å²) >= 11 is 9.66. The fourth-order valence-corrected chi connectivity index (χ4v) is 3.84. The van der Waals surface area contributed by atoms with Crippen molar-refractivity contribution in [2.75, 3.05) is 6.61 Å². The van der Waals surface area contributed by atoms with Crippen molar-refractivity contribution in [3.05, 3.63) is 106 Å². The molecule has 0 saturated carbocycles. The Labute approximate surface area is 178 Å². The van der Waals surface area contributed by atoms with E-state index in [4.69, 9.17) is 16.3 Å². The van der Waals surface area contributed by atoms with E-state index in [-0.39, 0.29) is 0 Å². The molecule has 0 N–H and O–H groups in total. The van der Waals surface area contributed by atoms with E-state index in [0.29, 0.717) is 6.61 Å². The van der Waals surface area contributed by atoms with Crippen LogP contribution >= 0.6 is 27.5 Å². The van der Waals surface area contributed by atoms with Gasteiger partial charge in [-0.1, -0.05) is 78.3 Å². The van der Waals surface area contributed by atoms with Gasteiger partial charge in [-0.3, -0.25) is 0 Å². The van der Waals surface area contributed by atoms with E-state index in [2.05, 4.69) is 70.5 Å². The van der Waals surface area contributed by atoms with Crippen LogP contribution in [0, 0.1) is 0 Å². The summed E-state index contributed by atoms with van der Waals surface area (Å²) < 4.78 is 6.95. The molecule has 4 aromatic rings. The van der Waals surface area contributed by atoms with Crippen molar-refractivity contribution in [1.82, 2.24) is 0 Å². The van der Waals surface area contributed by atoms with Crippen LogP contribution in [0.5, 0.6) is 5.75 Å². The number of benzene rings is 4. The fourth-order valence-electron chi connectivity index (χ4n) is 3.08. The molecule has 1 nitrogen and oxygen atoms in total. The van der Waals surface area contributed by atoms with Crippen LogP contribution in [0.15, 0.2) is 95.5 Å². The average molecular weight is 450 g/mol. The van der Waals surface area contributed by atoms with Crippen LogP contribution < -0.4 is 4.74 Å². The Hall–Kier alpha value is -2.55. The number of ether oxygens (including phenoxy) is 1.